The van der Waals surface area contributed by atoms with Crippen molar-refractivity contribution in [3.8, 4) is 5.75 Å². The zero-order valence-electron chi connectivity index (χ0n) is 9.59. The number of rotatable bonds is 1. The average Bonchev–Trinajstić information content (AvgIpc) is 2.48. The summed E-state index contributed by atoms with van der Waals surface area (Å²) < 4.78 is 13.8. The van der Waals surface area contributed by atoms with Gasteiger partial charge in [-0.05, 0) is 24.6 Å². The molecule has 5 heteroatoms. The Bertz CT molecular complexity index is 448. The first kappa shape index (κ1) is 11.9. The number of aryl methyl sites for hydroxylation is 1. The highest BCUT2D eigenvalue weighted by Crippen LogP contribution is 2.27. The number of carbonyl (C=O) groups is 1. The van der Waals surface area contributed by atoms with E-state index in [2.05, 4.69) is 10.6 Å². The minimum absolute atomic E-state index is 0.0489. The van der Waals surface area contributed by atoms with Gasteiger partial charge in [0.05, 0.1) is 0 Å². The maximum Gasteiger partial charge on any atom is 0.221 e. The predicted octanol–water partition coefficient (Wildman–Crippen LogP) is 0.990. The summed E-state index contributed by atoms with van der Waals surface area (Å²) >= 11 is 0. The van der Waals surface area contributed by atoms with Crippen LogP contribution in [-0.2, 0) is 4.79 Å². The lowest BCUT2D eigenvalue weighted by Crippen LogP contribution is -2.24. The maximum absolute atomic E-state index is 13.8. The Morgan fingerprint density at radius 1 is 1.41 bits per heavy atom. The number of aromatic hydroxyl groups is 1. The number of phenolic OH excluding ortho intramolecular Hbond substituents is 1. The minimum Gasteiger partial charge on any atom is -0.508 e. The first-order valence-electron chi connectivity index (χ1n) is 5.57. The second-order valence-electron chi connectivity index (χ2n) is 4.22. The van der Waals surface area contributed by atoms with Crippen molar-refractivity contribution >= 4 is 5.91 Å². The Kier molecular flexibility index (Phi) is 3.28. The quantitative estimate of drug-likeness (QED) is 0.683. The molecule has 0 radical (unpaired) electrons. The molecule has 1 unspecified atom stereocenters. The number of halogens is 1. The lowest BCUT2D eigenvalue weighted by molar-refractivity contribution is -0.121. The van der Waals surface area contributed by atoms with Crippen LogP contribution in [0.15, 0.2) is 12.1 Å². The molecule has 1 aromatic rings. The summed E-state index contributed by atoms with van der Waals surface area (Å²) in [5.41, 5.74) is 0.828. The Hall–Kier alpha value is -1.62. The molecule has 17 heavy (non-hydrogen) atoms. The zero-order valence-corrected chi connectivity index (χ0v) is 9.59. The maximum atomic E-state index is 13.8. The van der Waals surface area contributed by atoms with Gasteiger partial charge in [0, 0.05) is 31.1 Å². The summed E-state index contributed by atoms with van der Waals surface area (Å²) in [6.07, 6.45) is 0.180. The lowest BCUT2D eigenvalue weighted by Gasteiger charge is -2.16. The summed E-state index contributed by atoms with van der Waals surface area (Å²) in [4.78, 5) is 11.4. The van der Waals surface area contributed by atoms with Crippen molar-refractivity contribution in [1.82, 2.24) is 10.6 Å². The second-order valence-corrected chi connectivity index (χ2v) is 4.22. The van der Waals surface area contributed by atoms with Crippen LogP contribution in [-0.4, -0.2) is 24.1 Å². The van der Waals surface area contributed by atoms with E-state index >= 15 is 0 Å². The zero-order chi connectivity index (χ0) is 12.4. The van der Waals surface area contributed by atoms with Crippen LogP contribution in [0.1, 0.15) is 23.6 Å². The molecule has 0 bridgehead atoms. The highest BCUT2D eigenvalue weighted by molar-refractivity contribution is 5.77. The fourth-order valence-corrected chi connectivity index (χ4v) is 1.94. The number of amides is 1. The molecule has 0 aliphatic carbocycles. The third kappa shape index (κ3) is 2.55. The van der Waals surface area contributed by atoms with Gasteiger partial charge in [-0.3, -0.25) is 4.79 Å². The minimum atomic E-state index is -0.396. The van der Waals surface area contributed by atoms with Gasteiger partial charge < -0.3 is 15.7 Å². The van der Waals surface area contributed by atoms with Gasteiger partial charge in [-0.15, -0.1) is 0 Å². The molecule has 0 aromatic heterocycles. The molecule has 92 valence electrons. The van der Waals surface area contributed by atoms with Gasteiger partial charge in [-0.1, -0.05) is 0 Å². The first-order valence-corrected chi connectivity index (χ1v) is 5.57. The monoisotopic (exact) mass is 238 g/mol. The van der Waals surface area contributed by atoms with Crippen LogP contribution in [0, 0.1) is 12.7 Å². The molecule has 1 fully saturated rings. The molecule has 3 N–H and O–H groups in total. The van der Waals surface area contributed by atoms with Crippen LogP contribution in [0.5, 0.6) is 5.75 Å². The Morgan fingerprint density at radius 3 is 2.94 bits per heavy atom. The van der Waals surface area contributed by atoms with E-state index in [-0.39, 0.29) is 24.1 Å². The summed E-state index contributed by atoms with van der Waals surface area (Å²) in [5, 5.41) is 15.4. The van der Waals surface area contributed by atoms with E-state index in [1.54, 1.807) is 6.92 Å². The van der Waals surface area contributed by atoms with Crippen LogP contribution < -0.4 is 10.6 Å². The Labute approximate surface area is 98.8 Å². The highest BCUT2D eigenvalue weighted by atomic mass is 19.1. The molecule has 0 spiro atoms. The summed E-state index contributed by atoms with van der Waals surface area (Å²) in [6, 6.07) is 2.29. The average molecular weight is 238 g/mol. The van der Waals surface area contributed by atoms with Crippen molar-refractivity contribution < 1.29 is 14.3 Å². The Balaban J connectivity index is 2.32. The van der Waals surface area contributed by atoms with E-state index in [1.807, 2.05) is 0 Å². The van der Waals surface area contributed by atoms with Crippen molar-refractivity contribution in [3.05, 3.63) is 29.1 Å². The molecular weight excluding hydrogens is 223 g/mol. The van der Waals surface area contributed by atoms with Crippen LogP contribution in [0.4, 0.5) is 4.39 Å². The molecule has 0 saturated carbocycles. The number of benzene rings is 1. The van der Waals surface area contributed by atoms with Gasteiger partial charge in [-0.25, -0.2) is 4.39 Å². The third-order valence-electron chi connectivity index (χ3n) is 2.92. The third-order valence-corrected chi connectivity index (χ3v) is 2.92. The molecule has 4 nitrogen and oxygen atoms in total. The molecule has 1 aliphatic heterocycles. The fourth-order valence-electron chi connectivity index (χ4n) is 1.94. The molecule has 1 heterocycles. The summed E-state index contributed by atoms with van der Waals surface area (Å²) in [5.74, 6) is -0.459. The van der Waals surface area contributed by atoms with E-state index in [9.17, 15) is 14.3 Å². The number of carbonyl (C=O) groups excluding carboxylic acids is 1. The van der Waals surface area contributed by atoms with Gasteiger partial charge >= 0.3 is 0 Å². The van der Waals surface area contributed by atoms with E-state index in [0.717, 1.165) is 0 Å². The van der Waals surface area contributed by atoms with Crippen molar-refractivity contribution in [2.24, 2.45) is 0 Å². The first-order chi connectivity index (χ1) is 8.08. The normalized spacial score (nSPS) is 20.8. The standard InChI is InChI=1S/C12H15FN2O2/c1-7-4-9(13)8(5-11(7)16)10-6-12(17)15-3-2-14-10/h4-5,10,14,16H,2-3,6H2,1H3,(H,15,17). The van der Waals surface area contributed by atoms with Crippen molar-refractivity contribution in [3.63, 3.8) is 0 Å². The van der Waals surface area contributed by atoms with Crippen molar-refractivity contribution in [2.45, 2.75) is 19.4 Å². The predicted molar refractivity (Wildman–Crippen MR) is 61.2 cm³/mol. The van der Waals surface area contributed by atoms with E-state index in [4.69, 9.17) is 0 Å². The van der Waals surface area contributed by atoms with Gasteiger partial charge in [0.2, 0.25) is 5.91 Å². The van der Waals surface area contributed by atoms with Gasteiger partial charge in [0.1, 0.15) is 11.6 Å². The van der Waals surface area contributed by atoms with E-state index < -0.39 is 5.82 Å². The molecule has 1 saturated heterocycles. The number of nitrogens with one attached hydrogen (secondary N) is 2. The van der Waals surface area contributed by atoms with E-state index in [1.165, 1.54) is 12.1 Å². The van der Waals surface area contributed by atoms with Crippen LogP contribution in [0.25, 0.3) is 0 Å². The van der Waals surface area contributed by atoms with E-state index in [0.29, 0.717) is 24.2 Å². The molecule has 1 atom stereocenters. The summed E-state index contributed by atoms with van der Waals surface area (Å²) in [6.45, 7) is 2.76. The largest absolute Gasteiger partial charge is 0.508 e. The second kappa shape index (κ2) is 4.71. The number of phenols is 1. The fraction of sp³-hybridized carbons (Fsp3) is 0.417. The molecule has 1 aliphatic rings. The highest BCUT2D eigenvalue weighted by Gasteiger charge is 2.22. The van der Waals surface area contributed by atoms with Crippen LogP contribution >= 0.6 is 0 Å². The molecule has 1 amide bonds. The topological polar surface area (TPSA) is 61.4 Å². The van der Waals surface area contributed by atoms with Gasteiger partial charge in [-0.2, -0.15) is 0 Å². The van der Waals surface area contributed by atoms with Gasteiger partial charge in [0.15, 0.2) is 0 Å². The van der Waals surface area contributed by atoms with Gasteiger partial charge in [0.25, 0.3) is 0 Å². The number of hydrogen-bond acceptors (Lipinski definition) is 3. The molecule has 1 aromatic carbocycles. The SMILES string of the molecule is Cc1cc(F)c(C2CC(=O)NCCN2)cc1O. The molecule has 2 rings (SSSR count). The Morgan fingerprint density at radius 2 is 2.18 bits per heavy atom. The number of hydrogen-bond donors (Lipinski definition) is 3. The summed E-state index contributed by atoms with van der Waals surface area (Å²) in [7, 11) is 0. The smallest absolute Gasteiger partial charge is 0.221 e. The lowest BCUT2D eigenvalue weighted by atomic mass is 10.0. The van der Waals surface area contributed by atoms with Crippen LogP contribution in [0.2, 0.25) is 0 Å². The van der Waals surface area contributed by atoms with Crippen molar-refractivity contribution in [1.29, 1.82) is 0 Å². The van der Waals surface area contributed by atoms with Crippen molar-refractivity contribution in [2.75, 3.05) is 13.1 Å². The molecular formula is C12H15FN2O2. The van der Waals surface area contributed by atoms with Crippen LogP contribution in [0.3, 0.4) is 0 Å².